The van der Waals surface area contributed by atoms with E-state index in [2.05, 4.69) is 20.6 Å². The van der Waals surface area contributed by atoms with Gasteiger partial charge in [0.15, 0.2) is 0 Å². The molecule has 3 rings (SSSR count). The van der Waals surface area contributed by atoms with Crippen molar-refractivity contribution in [3.05, 3.63) is 40.7 Å². The largest absolute Gasteiger partial charge is 0.508 e. The van der Waals surface area contributed by atoms with Crippen LogP contribution in [0.5, 0.6) is 5.75 Å². The minimum absolute atomic E-state index is 0.193. The SMILES string of the molecule is Oc1cccc(Nc2nc(Cl)c3c(n2)CCNC3)c1. The molecule has 1 aliphatic heterocycles. The maximum Gasteiger partial charge on any atom is 0.228 e. The van der Waals surface area contributed by atoms with Crippen molar-refractivity contribution in [2.75, 3.05) is 11.9 Å². The zero-order valence-corrected chi connectivity index (χ0v) is 10.9. The normalized spacial score (nSPS) is 13.9. The van der Waals surface area contributed by atoms with E-state index in [9.17, 15) is 5.11 Å². The number of rotatable bonds is 2. The number of hydrogen-bond donors (Lipinski definition) is 3. The zero-order chi connectivity index (χ0) is 13.2. The molecule has 3 N–H and O–H groups in total. The molecule has 0 saturated heterocycles. The highest BCUT2D eigenvalue weighted by atomic mass is 35.5. The summed E-state index contributed by atoms with van der Waals surface area (Å²) in [5.74, 6) is 0.648. The minimum Gasteiger partial charge on any atom is -0.508 e. The molecule has 98 valence electrons. The Morgan fingerprint density at radius 3 is 3.05 bits per heavy atom. The van der Waals surface area contributed by atoms with Crippen molar-refractivity contribution < 1.29 is 5.11 Å². The van der Waals surface area contributed by atoms with Crippen molar-refractivity contribution in [3.63, 3.8) is 0 Å². The molecule has 0 bridgehead atoms. The first kappa shape index (κ1) is 12.2. The first-order valence-electron chi connectivity index (χ1n) is 6.04. The van der Waals surface area contributed by atoms with Gasteiger partial charge in [-0.25, -0.2) is 9.97 Å². The smallest absolute Gasteiger partial charge is 0.228 e. The molecule has 0 saturated carbocycles. The molecule has 0 atom stereocenters. The topological polar surface area (TPSA) is 70.1 Å². The standard InChI is InChI=1S/C13H13ClN4O/c14-12-10-7-15-5-4-11(10)17-13(18-12)16-8-2-1-3-9(19)6-8/h1-3,6,15,19H,4-5,7H2,(H,16,17,18). The summed E-state index contributed by atoms with van der Waals surface area (Å²) in [6, 6.07) is 6.80. The van der Waals surface area contributed by atoms with Gasteiger partial charge < -0.3 is 15.7 Å². The maximum absolute atomic E-state index is 9.42. The van der Waals surface area contributed by atoms with Gasteiger partial charge in [0.2, 0.25) is 5.95 Å². The van der Waals surface area contributed by atoms with Gasteiger partial charge in [0, 0.05) is 36.8 Å². The van der Waals surface area contributed by atoms with Crippen molar-refractivity contribution in [1.29, 1.82) is 0 Å². The number of phenolic OH excluding ortho intramolecular Hbond substituents is 1. The van der Waals surface area contributed by atoms with Gasteiger partial charge in [-0.05, 0) is 12.1 Å². The van der Waals surface area contributed by atoms with E-state index in [1.807, 2.05) is 6.07 Å². The number of anilines is 2. The van der Waals surface area contributed by atoms with Gasteiger partial charge in [0.05, 0.1) is 5.69 Å². The van der Waals surface area contributed by atoms with Crippen LogP contribution in [0.3, 0.4) is 0 Å². The van der Waals surface area contributed by atoms with Gasteiger partial charge in [0.25, 0.3) is 0 Å². The van der Waals surface area contributed by atoms with Crippen LogP contribution in [0.2, 0.25) is 5.15 Å². The lowest BCUT2D eigenvalue weighted by molar-refractivity contribution is 0.475. The second-order valence-corrected chi connectivity index (χ2v) is 4.72. The molecule has 2 aromatic rings. The second kappa shape index (κ2) is 5.03. The van der Waals surface area contributed by atoms with Crippen LogP contribution < -0.4 is 10.6 Å². The Kier molecular flexibility index (Phi) is 3.23. The molecule has 0 aliphatic carbocycles. The third-order valence-corrected chi connectivity index (χ3v) is 3.30. The lowest BCUT2D eigenvalue weighted by Gasteiger charge is -2.18. The molecule has 1 aromatic carbocycles. The first-order chi connectivity index (χ1) is 9.22. The first-order valence-corrected chi connectivity index (χ1v) is 6.42. The number of benzene rings is 1. The summed E-state index contributed by atoms with van der Waals surface area (Å²) in [5, 5.41) is 16.2. The van der Waals surface area contributed by atoms with Crippen LogP contribution >= 0.6 is 11.6 Å². The molecule has 6 heteroatoms. The van der Waals surface area contributed by atoms with E-state index in [0.717, 1.165) is 29.9 Å². The Bertz CT molecular complexity index is 618. The minimum atomic E-state index is 0.193. The fraction of sp³-hybridized carbons (Fsp3) is 0.231. The summed E-state index contributed by atoms with van der Waals surface area (Å²) in [4.78, 5) is 8.70. The molecule has 19 heavy (non-hydrogen) atoms. The van der Waals surface area contributed by atoms with Crippen LogP contribution in [0.25, 0.3) is 0 Å². The number of aromatic hydroxyl groups is 1. The lowest BCUT2D eigenvalue weighted by Crippen LogP contribution is -2.25. The van der Waals surface area contributed by atoms with E-state index in [4.69, 9.17) is 11.6 Å². The average molecular weight is 277 g/mol. The van der Waals surface area contributed by atoms with Crippen molar-refractivity contribution in [1.82, 2.24) is 15.3 Å². The fourth-order valence-corrected chi connectivity index (χ4v) is 2.33. The molecule has 1 aliphatic rings. The highest BCUT2D eigenvalue weighted by Gasteiger charge is 2.16. The monoisotopic (exact) mass is 276 g/mol. The zero-order valence-electron chi connectivity index (χ0n) is 10.2. The Balaban J connectivity index is 1.91. The third kappa shape index (κ3) is 2.62. The van der Waals surface area contributed by atoms with Crippen LogP contribution in [0.1, 0.15) is 11.3 Å². The summed E-state index contributed by atoms with van der Waals surface area (Å²) in [6.45, 7) is 1.60. The van der Waals surface area contributed by atoms with Crippen molar-refractivity contribution in [2.45, 2.75) is 13.0 Å². The molecule has 1 aromatic heterocycles. The molecule has 0 radical (unpaired) electrons. The molecule has 0 fully saturated rings. The predicted molar refractivity (Wildman–Crippen MR) is 73.8 cm³/mol. The van der Waals surface area contributed by atoms with E-state index >= 15 is 0 Å². The lowest BCUT2D eigenvalue weighted by atomic mass is 10.1. The number of aromatic nitrogens is 2. The van der Waals surface area contributed by atoms with Crippen molar-refractivity contribution >= 4 is 23.2 Å². The molecular formula is C13H13ClN4O. The van der Waals surface area contributed by atoms with E-state index in [-0.39, 0.29) is 5.75 Å². The van der Waals surface area contributed by atoms with Crippen molar-refractivity contribution in [3.8, 4) is 5.75 Å². The summed E-state index contributed by atoms with van der Waals surface area (Å²) in [6.07, 6.45) is 0.840. The summed E-state index contributed by atoms with van der Waals surface area (Å²) < 4.78 is 0. The highest BCUT2D eigenvalue weighted by molar-refractivity contribution is 6.30. The molecule has 0 unspecified atom stereocenters. The average Bonchev–Trinajstić information content (AvgIpc) is 2.39. The fourth-order valence-electron chi connectivity index (χ4n) is 2.07. The van der Waals surface area contributed by atoms with Gasteiger partial charge >= 0.3 is 0 Å². The maximum atomic E-state index is 9.42. The van der Waals surface area contributed by atoms with Gasteiger partial charge in [-0.15, -0.1) is 0 Å². The number of phenols is 1. The molecule has 5 nitrogen and oxygen atoms in total. The molecule has 0 amide bonds. The van der Waals surface area contributed by atoms with Gasteiger partial charge in [-0.1, -0.05) is 17.7 Å². The van der Waals surface area contributed by atoms with E-state index in [0.29, 0.717) is 17.6 Å². The van der Waals surface area contributed by atoms with E-state index < -0.39 is 0 Å². The van der Waals surface area contributed by atoms with Gasteiger partial charge in [-0.2, -0.15) is 0 Å². The van der Waals surface area contributed by atoms with Gasteiger partial charge in [0.1, 0.15) is 10.9 Å². The van der Waals surface area contributed by atoms with Crippen molar-refractivity contribution in [2.24, 2.45) is 0 Å². The number of halogens is 1. The number of fused-ring (bicyclic) bond motifs is 1. The Morgan fingerprint density at radius 1 is 1.32 bits per heavy atom. The summed E-state index contributed by atoms with van der Waals surface area (Å²) >= 11 is 6.16. The quantitative estimate of drug-likeness (QED) is 0.734. The number of hydrogen-bond acceptors (Lipinski definition) is 5. The van der Waals surface area contributed by atoms with Crippen LogP contribution in [0.4, 0.5) is 11.6 Å². The third-order valence-electron chi connectivity index (χ3n) is 2.98. The summed E-state index contributed by atoms with van der Waals surface area (Å²) in [5.41, 5.74) is 2.67. The van der Waals surface area contributed by atoms with Crippen LogP contribution in [0, 0.1) is 0 Å². The predicted octanol–water partition coefficient (Wildman–Crippen LogP) is 2.22. The Hall–Kier alpha value is -1.85. The van der Waals surface area contributed by atoms with Crippen LogP contribution in [-0.4, -0.2) is 21.6 Å². The number of nitrogens with one attached hydrogen (secondary N) is 2. The van der Waals surface area contributed by atoms with Gasteiger partial charge in [-0.3, -0.25) is 0 Å². The van der Waals surface area contributed by atoms with E-state index in [1.54, 1.807) is 18.2 Å². The molecular weight excluding hydrogens is 264 g/mol. The highest BCUT2D eigenvalue weighted by Crippen LogP contribution is 2.24. The summed E-state index contributed by atoms with van der Waals surface area (Å²) in [7, 11) is 0. The second-order valence-electron chi connectivity index (χ2n) is 4.37. The molecule has 0 spiro atoms. The Morgan fingerprint density at radius 2 is 2.21 bits per heavy atom. The number of nitrogens with zero attached hydrogens (tertiary/aromatic N) is 2. The van der Waals surface area contributed by atoms with Crippen LogP contribution in [0.15, 0.2) is 24.3 Å². The molecule has 2 heterocycles. The Labute approximate surface area is 115 Å². The van der Waals surface area contributed by atoms with E-state index in [1.165, 1.54) is 0 Å². The van der Waals surface area contributed by atoms with Crippen LogP contribution in [-0.2, 0) is 13.0 Å².